The number of ether oxygens (including phenoxy) is 1. The number of carbonyl (C=O) groups is 1. The molecular formula is C21H22FN3O2. The van der Waals surface area contributed by atoms with Crippen molar-refractivity contribution in [3.05, 3.63) is 59.7 Å². The Bertz CT molecular complexity index is 969. The van der Waals surface area contributed by atoms with E-state index < -0.39 is 0 Å². The van der Waals surface area contributed by atoms with Crippen LogP contribution in [-0.4, -0.2) is 34.4 Å². The molecule has 1 aliphatic heterocycles. The standard InChI is InChI=1S/C21H22FN3O2/c1-27-16-6-4-5-14(11-16)12-20(26)25-10-3-2-7-19(25)21-23-17-9-8-15(22)13-18(17)24-21/h4-6,8-9,11,13,19H,2-3,7,10,12H2,1H3,(H,23,24)/t19-/m1/s1. The van der Waals surface area contributed by atoms with Crippen molar-refractivity contribution in [3.8, 4) is 5.75 Å². The molecule has 1 aromatic heterocycles. The van der Waals surface area contributed by atoms with Crippen LogP contribution in [0.4, 0.5) is 4.39 Å². The van der Waals surface area contributed by atoms with E-state index in [0.717, 1.165) is 41.9 Å². The van der Waals surface area contributed by atoms with E-state index >= 15 is 0 Å². The minimum Gasteiger partial charge on any atom is -0.497 e. The van der Waals surface area contributed by atoms with Crippen molar-refractivity contribution in [2.75, 3.05) is 13.7 Å². The van der Waals surface area contributed by atoms with Crippen molar-refractivity contribution in [3.63, 3.8) is 0 Å². The first-order chi connectivity index (χ1) is 13.1. The smallest absolute Gasteiger partial charge is 0.227 e. The Morgan fingerprint density at radius 2 is 2.19 bits per heavy atom. The zero-order valence-corrected chi connectivity index (χ0v) is 15.2. The fourth-order valence-electron chi connectivity index (χ4n) is 3.73. The first-order valence-corrected chi connectivity index (χ1v) is 9.21. The number of likely N-dealkylation sites (tertiary alicyclic amines) is 1. The zero-order valence-electron chi connectivity index (χ0n) is 15.2. The first kappa shape index (κ1) is 17.5. The van der Waals surface area contributed by atoms with Crippen molar-refractivity contribution < 1.29 is 13.9 Å². The second-order valence-corrected chi connectivity index (χ2v) is 6.91. The average molecular weight is 367 g/mol. The van der Waals surface area contributed by atoms with Gasteiger partial charge in [0.05, 0.1) is 30.6 Å². The van der Waals surface area contributed by atoms with Crippen molar-refractivity contribution >= 4 is 16.9 Å². The Balaban J connectivity index is 1.58. The Labute approximate surface area is 157 Å². The number of amides is 1. The normalized spacial score (nSPS) is 17.3. The van der Waals surface area contributed by atoms with Gasteiger partial charge in [-0.15, -0.1) is 0 Å². The number of methoxy groups -OCH3 is 1. The molecule has 27 heavy (non-hydrogen) atoms. The van der Waals surface area contributed by atoms with Gasteiger partial charge in [0.2, 0.25) is 5.91 Å². The number of aromatic amines is 1. The molecule has 0 radical (unpaired) electrons. The Morgan fingerprint density at radius 1 is 1.30 bits per heavy atom. The third kappa shape index (κ3) is 3.65. The molecule has 0 unspecified atom stereocenters. The minimum atomic E-state index is -0.299. The number of hydrogen-bond acceptors (Lipinski definition) is 3. The number of halogens is 1. The summed E-state index contributed by atoms with van der Waals surface area (Å²) in [5, 5.41) is 0. The van der Waals surface area contributed by atoms with Crippen molar-refractivity contribution in [2.45, 2.75) is 31.7 Å². The summed E-state index contributed by atoms with van der Waals surface area (Å²) in [7, 11) is 1.62. The maximum atomic E-state index is 13.5. The molecule has 0 bridgehead atoms. The Morgan fingerprint density at radius 3 is 3.04 bits per heavy atom. The van der Waals surface area contributed by atoms with Crippen LogP contribution in [0.15, 0.2) is 42.5 Å². The molecule has 1 N–H and O–H groups in total. The molecule has 0 aliphatic carbocycles. The number of nitrogens with zero attached hydrogens (tertiary/aromatic N) is 2. The van der Waals surface area contributed by atoms with E-state index in [0.29, 0.717) is 18.5 Å². The van der Waals surface area contributed by atoms with Gasteiger partial charge in [0.1, 0.15) is 17.4 Å². The molecule has 1 fully saturated rings. The minimum absolute atomic E-state index is 0.0691. The molecule has 2 aromatic carbocycles. The fraction of sp³-hybridized carbons (Fsp3) is 0.333. The third-order valence-electron chi connectivity index (χ3n) is 5.09. The third-order valence-corrected chi connectivity index (χ3v) is 5.09. The van der Waals surface area contributed by atoms with Gasteiger partial charge in [0, 0.05) is 6.54 Å². The quantitative estimate of drug-likeness (QED) is 0.758. The number of hydrogen-bond donors (Lipinski definition) is 1. The van der Waals surface area contributed by atoms with Crippen molar-refractivity contribution in [2.24, 2.45) is 0 Å². The molecule has 0 saturated carbocycles. The summed E-state index contributed by atoms with van der Waals surface area (Å²) in [5.74, 6) is 1.25. The molecule has 5 nitrogen and oxygen atoms in total. The van der Waals surface area contributed by atoms with Crippen LogP contribution < -0.4 is 4.74 Å². The summed E-state index contributed by atoms with van der Waals surface area (Å²) in [6, 6.07) is 12.0. The molecule has 6 heteroatoms. The van der Waals surface area contributed by atoms with Crippen LogP contribution in [0.1, 0.15) is 36.7 Å². The summed E-state index contributed by atoms with van der Waals surface area (Å²) >= 11 is 0. The van der Waals surface area contributed by atoms with E-state index in [4.69, 9.17) is 4.74 Å². The molecule has 1 saturated heterocycles. The van der Waals surface area contributed by atoms with Gasteiger partial charge in [-0.3, -0.25) is 4.79 Å². The highest BCUT2D eigenvalue weighted by Crippen LogP contribution is 2.31. The van der Waals surface area contributed by atoms with E-state index in [1.807, 2.05) is 29.2 Å². The van der Waals surface area contributed by atoms with E-state index in [2.05, 4.69) is 9.97 Å². The topological polar surface area (TPSA) is 58.2 Å². The number of aromatic nitrogens is 2. The second kappa shape index (κ2) is 7.39. The van der Waals surface area contributed by atoms with Crippen LogP contribution in [0.25, 0.3) is 11.0 Å². The summed E-state index contributed by atoms with van der Waals surface area (Å²) in [6.07, 6.45) is 3.20. The predicted octanol–water partition coefficient (Wildman–Crippen LogP) is 4.01. The van der Waals surface area contributed by atoms with Crippen LogP contribution in [-0.2, 0) is 11.2 Å². The van der Waals surface area contributed by atoms with E-state index in [1.165, 1.54) is 12.1 Å². The molecule has 1 aliphatic rings. The molecule has 1 amide bonds. The van der Waals surface area contributed by atoms with Gasteiger partial charge in [-0.05, 0) is 55.2 Å². The number of nitrogens with one attached hydrogen (secondary N) is 1. The molecule has 1 atom stereocenters. The maximum absolute atomic E-state index is 13.5. The maximum Gasteiger partial charge on any atom is 0.227 e. The lowest BCUT2D eigenvalue weighted by Gasteiger charge is -2.34. The lowest BCUT2D eigenvalue weighted by Crippen LogP contribution is -2.39. The first-order valence-electron chi connectivity index (χ1n) is 9.21. The number of fused-ring (bicyclic) bond motifs is 1. The van der Waals surface area contributed by atoms with E-state index in [-0.39, 0.29) is 17.8 Å². The largest absolute Gasteiger partial charge is 0.497 e. The lowest BCUT2D eigenvalue weighted by molar-refractivity contribution is -0.134. The summed E-state index contributed by atoms with van der Waals surface area (Å²) in [6.45, 7) is 0.707. The number of H-pyrrole nitrogens is 1. The fourth-order valence-corrected chi connectivity index (χ4v) is 3.73. The highest BCUT2D eigenvalue weighted by Gasteiger charge is 2.30. The van der Waals surface area contributed by atoms with Crippen LogP contribution in [0.3, 0.4) is 0 Å². The van der Waals surface area contributed by atoms with E-state index in [9.17, 15) is 9.18 Å². The number of rotatable bonds is 4. The predicted molar refractivity (Wildman–Crippen MR) is 101 cm³/mol. The van der Waals surface area contributed by atoms with Gasteiger partial charge in [-0.1, -0.05) is 12.1 Å². The average Bonchev–Trinajstić information content (AvgIpc) is 3.11. The van der Waals surface area contributed by atoms with Crippen LogP contribution >= 0.6 is 0 Å². The van der Waals surface area contributed by atoms with Crippen LogP contribution in [0, 0.1) is 5.82 Å². The van der Waals surface area contributed by atoms with Crippen molar-refractivity contribution in [1.29, 1.82) is 0 Å². The molecule has 2 heterocycles. The molecule has 0 spiro atoms. The number of imidazole rings is 1. The summed E-state index contributed by atoms with van der Waals surface area (Å²) in [4.78, 5) is 22.7. The van der Waals surface area contributed by atoms with Gasteiger partial charge in [0.15, 0.2) is 0 Å². The molecule has 3 aromatic rings. The van der Waals surface area contributed by atoms with Crippen molar-refractivity contribution in [1.82, 2.24) is 14.9 Å². The second-order valence-electron chi connectivity index (χ2n) is 6.91. The van der Waals surface area contributed by atoms with Crippen LogP contribution in [0.2, 0.25) is 0 Å². The molecule has 140 valence electrons. The lowest BCUT2D eigenvalue weighted by atomic mass is 10.00. The van der Waals surface area contributed by atoms with Gasteiger partial charge in [-0.25, -0.2) is 9.37 Å². The van der Waals surface area contributed by atoms with Gasteiger partial charge < -0.3 is 14.6 Å². The summed E-state index contributed by atoms with van der Waals surface area (Å²) < 4.78 is 18.7. The number of piperidine rings is 1. The summed E-state index contributed by atoms with van der Waals surface area (Å²) in [5.41, 5.74) is 2.31. The molecule has 4 rings (SSSR count). The monoisotopic (exact) mass is 367 g/mol. The molecular weight excluding hydrogens is 345 g/mol. The Hall–Kier alpha value is -2.89. The van der Waals surface area contributed by atoms with Gasteiger partial charge in [0.25, 0.3) is 0 Å². The van der Waals surface area contributed by atoms with Crippen LogP contribution in [0.5, 0.6) is 5.75 Å². The SMILES string of the molecule is COc1cccc(CC(=O)N2CCCC[C@@H]2c2nc3ccc(F)cc3[nH]2)c1. The van der Waals surface area contributed by atoms with Gasteiger partial charge in [-0.2, -0.15) is 0 Å². The highest BCUT2D eigenvalue weighted by molar-refractivity contribution is 5.80. The Kier molecular flexibility index (Phi) is 4.79. The number of benzene rings is 2. The zero-order chi connectivity index (χ0) is 18.8. The van der Waals surface area contributed by atoms with Gasteiger partial charge >= 0.3 is 0 Å². The number of carbonyl (C=O) groups excluding carboxylic acids is 1. The highest BCUT2D eigenvalue weighted by atomic mass is 19.1. The van der Waals surface area contributed by atoms with E-state index in [1.54, 1.807) is 13.2 Å².